The quantitative estimate of drug-likeness (QED) is 0.822. The number of likely N-dealkylation sites (tertiary alicyclic amines) is 1. The summed E-state index contributed by atoms with van der Waals surface area (Å²) in [7, 11) is 0. The molecule has 104 valence electrons. The van der Waals surface area contributed by atoms with Crippen molar-refractivity contribution in [3.05, 3.63) is 60.2 Å². The van der Waals surface area contributed by atoms with Crippen molar-refractivity contribution >= 4 is 5.91 Å². The molecule has 1 aromatic rings. The Hall–Kier alpha value is -1.83. The molecule has 20 heavy (non-hydrogen) atoms. The summed E-state index contributed by atoms with van der Waals surface area (Å²) in [6.07, 6.45) is 12.6. The highest BCUT2D eigenvalue weighted by molar-refractivity contribution is 5.79. The smallest absolute Gasteiger partial charge is 0.227 e. The lowest BCUT2D eigenvalue weighted by Gasteiger charge is -2.30. The van der Waals surface area contributed by atoms with E-state index in [1.54, 1.807) is 0 Å². The predicted octanol–water partition coefficient (Wildman–Crippen LogP) is 3.35. The zero-order valence-electron chi connectivity index (χ0n) is 11.7. The van der Waals surface area contributed by atoms with Crippen LogP contribution in [-0.2, 0) is 11.2 Å². The average molecular weight is 267 g/mol. The molecule has 1 amide bonds. The van der Waals surface area contributed by atoms with E-state index < -0.39 is 0 Å². The van der Waals surface area contributed by atoms with Gasteiger partial charge in [0, 0.05) is 18.5 Å². The van der Waals surface area contributed by atoms with E-state index >= 15 is 0 Å². The molecule has 2 heteroatoms. The van der Waals surface area contributed by atoms with Crippen molar-refractivity contribution in [3.63, 3.8) is 0 Å². The molecule has 1 saturated heterocycles. The van der Waals surface area contributed by atoms with Crippen molar-refractivity contribution in [2.24, 2.45) is 5.92 Å². The van der Waals surface area contributed by atoms with Crippen LogP contribution >= 0.6 is 0 Å². The number of carbonyl (C=O) groups excluding carboxylic acids is 1. The second-order valence-corrected chi connectivity index (χ2v) is 5.67. The molecule has 1 fully saturated rings. The first-order valence-corrected chi connectivity index (χ1v) is 7.51. The summed E-state index contributed by atoms with van der Waals surface area (Å²) in [5.41, 5.74) is 1.11. The molecular weight excluding hydrogens is 246 g/mol. The number of nitrogens with zero attached hydrogens (tertiary/aromatic N) is 1. The Morgan fingerprint density at radius 3 is 2.80 bits per heavy atom. The standard InChI is InChI=1S/C18H21NO/c20-18(14-15-8-3-1-4-9-15)19-13-7-12-17(19)16-10-5-2-6-11-16/h1-6,8-10,16-17H,7,11-14H2/t16?,17-/m0/s1. The largest absolute Gasteiger partial charge is 0.339 e. The van der Waals surface area contributed by atoms with Crippen LogP contribution in [-0.4, -0.2) is 23.4 Å². The Balaban J connectivity index is 1.67. The minimum atomic E-state index is 0.279. The number of rotatable bonds is 3. The Morgan fingerprint density at radius 2 is 2.05 bits per heavy atom. The van der Waals surface area contributed by atoms with Crippen LogP contribution in [0.15, 0.2) is 54.6 Å². The van der Waals surface area contributed by atoms with Crippen LogP contribution in [0, 0.1) is 5.92 Å². The van der Waals surface area contributed by atoms with Crippen molar-refractivity contribution < 1.29 is 4.79 Å². The predicted molar refractivity (Wildman–Crippen MR) is 81.3 cm³/mol. The lowest BCUT2D eigenvalue weighted by Crippen LogP contribution is -2.40. The molecule has 3 rings (SSSR count). The third-order valence-electron chi connectivity index (χ3n) is 4.33. The van der Waals surface area contributed by atoms with Crippen LogP contribution in [0.1, 0.15) is 24.8 Å². The maximum absolute atomic E-state index is 12.6. The molecule has 1 unspecified atom stereocenters. The Labute approximate surface area is 120 Å². The molecule has 0 radical (unpaired) electrons. The fraction of sp³-hybridized carbons (Fsp3) is 0.389. The van der Waals surface area contributed by atoms with Crippen molar-refractivity contribution in [2.45, 2.75) is 31.7 Å². The third-order valence-corrected chi connectivity index (χ3v) is 4.33. The second-order valence-electron chi connectivity index (χ2n) is 5.67. The number of allylic oxidation sites excluding steroid dienone is 3. The maximum atomic E-state index is 12.6. The highest BCUT2D eigenvalue weighted by atomic mass is 16.2. The lowest BCUT2D eigenvalue weighted by molar-refractivity contribution is -0.131. The zero-order chi connectivity index (χ0) is 13.8. The van der Waals surface area contributed by atoms with Crippen LogP contribution in [0.2, 0.25) is 0 Å². The van der Waals surface area contributed by atoms with E-state index in [0.29, 0.717) is 18.4 Å². The van der Waals surface area contributed by atoms with Gasteiger partial charge in [0.05, 0.1) is 6.42 Å². The normalized spacial score (nSPS) is 25.1. The Kier molecular flexibility index (Phi) is 4.00. The Bertz CT molecular complexity index is 517. The molecule has 2 aliphatic rings. The SMILES string of the molecule is O=C(Cc1ccccc1)N1CCC[C@H]1C1C=CC=CC1. The van der Waals surface area contributed by atoms with Gasteiger partial charge >= 0.3 is 0 Å². The summed E-state index contributed by atoms with van der Waals surface area (Å²) in [6, 6.07) is 10.5. The van der Waals surface area contributed by atoms with Gasteiger partial charge in [-0.3, -0.25) is 4.79 Å². The van der Waals surface area contributed by atoms with Crippen molar-refractivity contribution in [2.75, 3.05) is 6.54 Å². The van der Waals surface area contributed by atoms with Gasteiger partial charge in [0.1, 0.15) is 0 Å². The van der Waals surface area contributed by atoms with Crippen molar-refractivity contribution in [1.82, 2.24) is 4.90 Å². The van der Waals surface area contributed by atoms with E-state index in [1.807, 2.05) is 30.3 Å². The van der Waals surface area contributed by atoms with Crippen molar-refractivity contribution in [3.8, 4) is 0 Å². The van der Waals surface area contributed by atoms with Crippen LogP contribution in [0.5, 0.6) is 0 Å². The minimum absolute atomic E-state index is 0.279. The van der Waals surface area contributed by atoms with Crippen LogP contribution in [0.25, 0.3) is 0 Å². The van der Waals surface area contributed by atoms with E-state index in [1.165, 1.54) is 0 Å². The zero-order valence-corrected chi connectivity index (χ0v) is 11.7. The van der Waals surface area contributed by atoms with Gasteiger partial charge in [-0.15, -0.1) is 0 Å². The van der Waals surface area contributed by atoms with Gasteiger partial charge < -0.3 is 4.90 Å². The minimum Gasteiger partial charge on any atom is -0.339 e. The van der Waals surface area contributed by atoms with Gasteiger partial charge in [0.15, 0.2) is 0 Å². The summed E-state index contributed by atoms with van der Waals surface area (Å²) < 4.78 is 0. The molecule has 2 atom stereocenters. The highest BCUT2D eigenvalue weighted by Crippen LogP contribution is 2.29. The summed E-state index contributed by atoms with van der Waals surface area (Å²) in [5.74, 6) is 0.781. The number of amides is 1. The first kappa shape index (κ1) is 13.2. The molecule has 1 aliphatic heterocycles. The van der Waals surface area contributed by atoms with Gasteiger partial charge in [-0.2, -0.15) is 0 Å². The summed E-state index contributed by atoms with van der Waals surface area (Å²) >= 11 is 0. The number of carbonyl (C=O) groups is 1. The molecular formula is C18H21NO. The third kappa shape index (κ3) is 2.84. The van der Waals surface area contributed by atoms with E-state index in [2.05, 4.69) is 29.2 Å². The maximum Gasteiger partial charge on any atom is 0.227 e. The first-order valence-electron chi connectivity index (χ1n) is 7.51. The highest BCUT2D eigenvalue weighted by Gasteiger charge is 2.33. The van der Waals surface area contributed by atoms with Crippen molar-refractivity contribution in [1.29, 1.82) is 0 Å². The molecule has 1 aliphatic carbocycles. The molecule has 0 bridgehead atoms. The van der Waals surface area contributed by atoms with Gasteiger partial charge in [0.25, 0.3) is 0 Å². The molecule has 0 spiro atoms. The monoisotopic (exact) mass is 267 g/mol. The number of hydrogen-bond acceptors (Lipinski definition) is 1. The first-order chi connectivity index (χ1) is 9.84. The molecule has 0 N–H and O–H groups in total. The molecule has 0 aromatic heterocycles. The number of benzene rings is 1. The summed E-state index contributed by atoms with van der Waals surface area (Å²) in [4.78, 5) is 14.7. The van der Waals surface area contributed by atoms with Crippen LogP contribution < -0.4 is 0 Å². The topological polar surface area (TPSA) is 20.3 Å². The molecule has 1 aromatic carbocycles. The van der Waals surface area contributed by atoms with Gasteiger partial charge in [0.2, 0.25) is 5.91 Å². The van der Waals surface area contributed by atoms with Gasteiger partial charge in [-0.25, -0.2) is 0 Å². The Morgan fingerprint density at radius 1 is 1.20 bits per heavy atom. The molecule has 0 saturated carbocycles. The number of hydrogen-bond donors (Lipinski definition) is 0. The van der Waals surface area contributed by atoms with E-state index in [4.69, 9.17) is 0 Å². The average Bonchev–Trinajstić information content (AvgIpc) is 2.99. The van der Waals surface area contributed by atoms with Gasteiger partial charge in [-0.1, -0.05) is 54.6 Å². The van der Waals surface area contributed by atoms with Gasteiger partial charge in [-0.05, 0) is 24.8 Å². The lowest BCUT2D eigenvalue weighted by atomic mass is 9.91. The van der Waals surface area contributed by atoms with E-state index in [0.717, 1.165) is 31.4 Å². The van der Waals surface area contributed by atoms with Crippen LogP contribution in [0.4, 0.5) is 0 Å². The fourth-order valence-electron chi connectivity index (χ4n) is 3.30. The fourth-order valence-corrected chi connectivity index (χ4v) is 3.30. The van der Waals surface area contributed by atoms with E-state index in [9.17, 15) is 4.79 Å². The second kappa shape index (κ2) is 6.08. The summed E-state index contributed by atoms with van der Waals surface area (Å²) in [5, 5.41) is 0. The summed E-state index contributed by atoms with van der Waals surface area (Å²) in [6.45, 7) is 0.921. The van der Waals surface area contributed by atoms with Crippen LogP contribution in [0.3, 0.4) is 0 Å². The molecule has 1 heterocycles. The molecule has 2 nitrogen and oxygen atoms in total. The van der Waals surface area contributed by atoms with E-state index in [-0.39, 0.29) is 5.91 Å².